The third-order valence-electron chi connectivity index (χ3n) is 2.97. The fraction of sp³-hybridized carbons (Fsp3) is 0.909. The van der Waals surface area contributed by atoms with Crippen LogP contribution in [-0.2, 0) is 9.53 Å². The molecule has 0 aromatic rings. The van der Waals surface area contributed by atoms with Crippen molar-refractivity contribution in [2.24, 2.45) is 0 Å². The van der Waals surface area contributed by atoms with Gasteiger partial charge in [-0.15, -0.1) is 0 Å². The zero-order valence-electron chi connectivity index (χ0n) is 9.41. The van der Waals surface area contributed by atoms with Gasteiger partial charge < -0.3 is 4.74 Å². The van der Waals surface area contributed by atoms with Crippen LogP contribution in [0.25, 0.3) is 0 Å². The van der Waals surface area contributed by atoms with Gasteiger partial charge in [0.05, 0.1) is 6.61 Å². The minimum absolute atomic E-state index is 0.0475. The molecule has 0 amide bonds. The van der Waals surface area contributed by atoms with Crippen molar-refractivity contribution >= 4 is 17.7 Å². The molecule has 1 saturated carbocycles. The fourth-order valence-corrected chi connectivity index (χ4v) is 3.37. The molecule has 2 fully saturated rings. The average Bonchev–Trinajstić information content (AvgIpc) is 2.91. The summed E-state index contributed by atoms with van der Waals surface area (Å²) >= 11 is 1.86. The van der Waals surface area contributed by atoms with Crippen LogP contribution in [-0.4, -0.2) is 35.2 Å². The zero-order chi connectivity index (χ0) is 10.9. The molecule has 4 heteroatoms. The lowest BCUT2D eigenvalue weighted by Gasteiger charge is -2.27. The van der Waals surface area contributed by atoms with E-state index in [2.05, 4.69) is 12.2 Å². The number of ether oxygens (including phenoxy) is 1. The van der Waals surface area contributed by atoms with Crippen LogP contribution in [0.2, 0.25) is 0 Å². The summed E-state index contributed by atoms with van der Waals surface area (Å²) in [6.45, 7) is 4.53. The number of nitrogens with one attached hydrogen (secondary N) is 1. The standard InChI is InChI=1S/C11H19NO2S/c1-3-14-10(13)11(12-9-4-5-9)6-8(2)15-7-11/h8-9,12H,3-7H2,1-2H3. The van der Waals surface area contributed by atoms with Gasteiger partial charge in [0.15, 0.2) is 0 Å². The second kappa shape index (κ2) is 4.34. The molecule has 86 valence electrons. The van der Waals surface area contributed by atoms with E-state index in [-0.39, 0.29) is 11.5 Å². The van der Waals surface area contributed by atoms with Gasteiger partial charge in [-0.05, 0) is 26.2 Å². The highest BCUT2D eigenvalue weighted by Gasteiger charge is 2.48. The van der Waals surface area contributed by atoms with Gasteiger partial charge in [0.25, 0.3) is 0 Å². The zero-order valence-corrected chi connectivity index (χ0v) is 10.2. The molecule has 1 aliphatic carbocycles. The molecule has 1 saturated heterocycles. The van der Waals surface area contributed by atoms with E-state index in [1.165, 1.54) is 12.8 Å². The summed E-state index contributed by atoms with van der Waals surface area (Å²) in [5, 5.41) is 4.04. The number of esters is 1. The maximum atomic E-state index is 12.0. The smallest absolute Gasteiger partial charge is 0.327 e. The molecule has 1 N–H and O–H groups in total. The summed E-state index contributed by atoms with van der Waals surface area (Å²) in [7, 11) is 0. The molecule has 2 rings (SSSR count). The lowest BCUT2D eigenvalue weighted by atomic mass is 9.96. The number of carbonyl (C=O) groups is 1. The highest BCUT2D eigenvalue weighted by Crippen LogP contribution is 2.37. The van der Waals surface area contributed by atoms with Crippen molar-refractivity contribution in [2.45, 2.75) is 49.9 Å². The van der Waals surface area contributed by atoms with Crippen molar-refractivity contribution in [1.82, 2.24) is 5.32 Å². The average molecular weight is 229 g/mol. The topological polar surface area (TPSA) is 38.3 Å². The Hall–Kier alpha value is -0.220. The SMILES string of the molecule is CCOC(=O)C1(NC2CC2)CSC(C)C1. The molecule has 0 radical (unpaired) electrons. The highest BCUT2D eigenvalue weighted by atomic mass is 32.2. The van der Waals surface area contributed by atoms with Gasteiger partial charge in [-0.1, -0.05) is 6.92 Å². The molecule has 0 spiro atoms. The van der Waals surface area contributed by atoms with E-state index in [0.717, 1.165) is 12.2 Å². The van der Waals surface area contributed by atoms with Gasteiger partial charge in [-0.3, -0.25) is 10.1 Å². The van der Waals surface area contributed by atoms with E-state index in [9.17, 15) is 4.79 Å². The Labute approximate surface area is 95.3 Å². The number of thioether (sulfide) groups is 1. The first-order chi connectivity index (χ1) is 7.16. The van der Waals surface area contributed by atoms with Gasteiger partial charge in [0, 0.05) is 17.0 Å². The highest BCUT2D eigenvalue weighted by molar-refractivity contribution is 8.00. The molecular weight excluding hydrogens is 210 g/mol. The van der Waals surface area contributed by atoms with E-state index in [1.54, 1.807) is 0 Å². The van der Waals surface area contributed by atoms with Crippen LogP contribution in [0.5, 0.6) is 0 Å². The molecule has 2 atom stereocenters. The molecule has 2 unspecified atom stereocenters. The van der Waals surface area contributed by atoms with Crippen LogP contribution in [0.1, 0.15) is 33.1 Å². The van der Waals surface area contributed by atoms with E-state index < -0.39 is 0 Å². The molecular formula is C11H19NO2S. The van der Waals surface area contributed by atoms with Gasteiger partial charge >= 0.3 is 5.97 Å². The number of hydrogen-bond acceptors (Lipinski definition) is 4. The van der Waals surface area contributed by atoms with Crippen LogP contribution in [0.15, 0.2) is 0 Å². The largest absolute Gasteiger partial charge is 0.465 e. The summed E-state index contributed by atoms with van der Waals surface area (Å²) in [5.41, 5.74) is -0.388. The fourth-order valence-electron chi connectivity index (χ4n) is 2.08. The molecule has 0 aromatic heterocycles. The Morgan fingerprint density at radius 1 is 1.60 bits per heavy atom. The molecule has 15 heavy (non-hydrogen) atoms. The third-order valence-corrected chi connectivity index (χ3v) is 4.37. The number of rotatable bonds is 4. The van der Waals surface area contributed by atoms with Crippen LogP contribution < -0.4 is 5.32 Å². The molecule has 2 aliphatic rings. The Kier molecular flexibility index (Phi) is 3.26. The maximum Gasteiger partial charge on any atom is 0.327 e. The van der Waals surface area contributed by atoms with Gasteiger partial charge in [-0.25, -0.2) is 0 Å². The van der Waals surface area contributed by atoms with Gasteiger partial charge in [0.1, 0.15) is 5.54 Å². The van der Waals surface area contributed by atoms with E-state index in [0.29, 0.717) is 17.9 Å². The Balaban J connectivity index is 2.03. The lowest BCUT2D eigenvalue weighted by Crippen LogP contribution is -2.54. The molecule has 0 bridgehead atoms. The molecule has 1 aliphatic heterocycles. The lowest BCUT2D eigenvalue weighted by molar-refractivity contribution is -0.150. The summed E-state index contributed by atoms with van der Waals surface area (Å²) in [6.07, 6.45) is 3.33. The first-order valence-corrected chi connectivity index (χ1v) is 6.78. The predicted molar refractivity (Wildman–Crippen MR) is 62.1 cm³/mol. The van der Waals surface area contributed by atoms with Gasteiger partial charge in [-0.2, -0.15) is 11.8 Å². The maximum absolute atomic E-state index is 12.0. The van der Waals surface area contributed by atoms with Crippen LogP contribution in [0.4, 0.5) is 0 Å². The van der Waals surface area contributed by atoms with Crippen LogP contribution in [0.3, 0.4) is 0 Å². The van der Waals surface area contributed by atoms with E-state index in [4.69, 9.17) is 4.74 Å². The van der Waals surface area contributed by atoms with Crippen LogP contribution in [0, 0.1) is 0 Å². The molecule has 3 nitrogen and oxygen atoms in total. The van der Waals surface area contributed by atoms with Crippen molar-refractivity contribution in [3.05, 3.63) is 0 Å². The molecule has 1 heterocycles. The summed E-state index contributed by atoms with van der Waals surface area (Å²) in [4.78, 5) is 12.0. The first-order valence-electron chi connectivity index (χ1n) is 5.73. The summed E-state index contributed by atoms with van der Waals surface area (Å²) in [5.74, 6) is 0.817. The minimum Gasteiger partial charge on any atom is -0.465 e. The Morgan fingerprint density at radius 3 is 2.80 bits per heavy atom. The second-order valence-corrected chi connectivity index (χ2v) is 5.97. The summed E-state index contributed by atoms with van der Waals surface area (Å²) < 4.78 is 5.19. The number of carbonyl (C=O) groups excluding carboxylic acids is 1. The van der Waals surface area contributed by atoms with Gasteiger partial charge in [0.2, 0.25) is 0 Å². The monoisotopic (exact) mass is 229 g/mol. The molecule has 0 aromatic carbocycles. The van der Waals surface area contributed by atoms with Crippen molar-refractivity contribution in [3.63, 3.8) is 0 Å². The van der Waals surface area contributed by atoms with Crippen molar-refractivity contribution < 1.29 is 9.53 Å². The Morgan fingerprint density at radius 2 is 2.33 bits per heavy atom. The second-order valence-electron chi connectivity index (χ2n) is 4.55. The normalized spacial score (nSPS) is 35.5. The van der Waals surface area contributed by atoms with E-state index >= 15 is 0 Å². The van der Waals surface area contributed by atoms with Crippen molar-refractivity contribution in [2.75, 3.05) is 12.4 Å². The minimum atomic E-state index is -0.388. The first kappa shape index (κ1) is 11.3. The Bertz CT molecular complexity index is 255. The third kappa shape index (κ3) is 2.48. The van der Waals surface area contributed by atoms with E-state index in [1.807, 2.05) is 18.7 Å². The predicted octanol–water partition coefficient (Wildman–Crippen LogP) is 1.57. The van der Waals surface area contributed by atoms with Crippen molar-refractivity contribution in [3.8, 4) is 0 Å². The van der Waals surface area contributed by atoms with Crippen molar-refractivity contribution in [1.29, 1.82) is 0 Å². The van der Waals surface area contributed by atoms with Crippen LogP contribution >= 0.6 is 11.8 Å². The number of hydrogen-bond donors (Lipinski definition) is 1. The quantitative estimate of drug-likeness (QED) is 0.743. The summed E-state index contributed by atoms with van der Waals surface area (Å²) in [6, 6.07) is 0.556.